The van der Waals surface area contributed by atoms with Gasteiger partial charge in [-0.1, -0.05) is 12.1 Å². The zero-order valence-corrected chi connectivity index (χ0v) is 13.3. The average Bonchev–Trinajstić information content (AvgIpc) is 2.96. The van der Waals surface area contributed by atoms with Gasteiger partial charge in [-0.2, -0.15) is 0 Å². The maximum Gasteiger partial charge on any atom is 0.232 e. The van der Waals surface area contributed by atoms with Gasteiger partial charge in [-0.3, -0.25) is 4.31 Å². The van der Waals surface area contributed by atoms with Crippen molar-refractivity contribution in [3.8, 4) is 0 Å². The molecule has 1 aromatic carbocycles. The van der Waals surface area contributed by atoms with Gasteiger partial charge in [0.25, 0.3) is 0 Å². The summed E-state index contributed by atoms with van der Waals surface area (Å²) in [6.45, 7) is 5.73. The van der Waals surface area contributed by atoms with Crippen LogP contribution in [-0.2, 0) is 10.0 Å². The number of nitrogens with zero attached hydrogens (tertiary/aromatic N) is 3. The Balaban J connectivity index is 1.77. The van der Waals surface area contributed by atoms with Crippen molar-refractivity contribution in [3.63, 3.8) is 0 Å². The molecular weight excluding hydrogens is 286 g/mol. The number of sulfonamides is 1. The Morgan fingerprint density at radius 2 is 1.62 bits per heavy atom. The average molecular weight is 309 g/mol. The molecule has 21 heavy (non-hydrogen) atoms. The zero-order valence-electron chi connectivity index (χ0n) is 12.5. The number of likely N-dealkylation sites (tertiary alicyclic amines) is 1. The second-order valence-electron chi connectivity index (χ2n) is 5.86. The summed E-state index contributed by atoms with van der Waals surface area (Å²) in [4.78, 5) is 4.81. The van der Waals surface area contributed by atoms with E-state index in [1.165, 1.54) is 36.5 Å². The number of hydrogen-bond acceptors (Lipinski definition) is 4. The summed E-state index contributed by atoms with van der Waals surface area (Å²) in [5.41, 5.74) is 1.85. The molecule has 1 saturated heterocycles. The Bertz CT molecular complexity index is 597. The highest BCUT2D eigenvalue weighted by molar-refractivity contribution is 7.92. The summed E-state index contributed by atoms with van der Waals surface area (Å²) < 4.78 is 25.4. The minimum Gasteiger partial charge on any atom is -0.367 e. The van der Waals surface area contributed by atoms with Gasteiger partial charge >= 0.3 is 0 Å². The van der Waals surface area contributed by atoms with Crippen molar-refractivity contribution in [3.05, 3.63) is 24.3 Å². The fourth-order valence-corrected chi connectivity index (χ4v) is 4.16. The van der Waals surface area contributed by atoms with Crippen LogP contribution < -0.4 is 9.21 Å². The van der Waals surface area contributed by atoms with E-state index < -0.39 is 10.0 Å². The smallest absolute Gasteiger partial charge is 0.232 e. The lowest BCUT2D eigenvalue weighted by atomic mass is 10.2. The molecule has 1 fully saturated rings. The molecule has 2 aliphatic heterocycles. The van der Waals surface area contributed by atoms with Crippen LogP contribution >= 0.6 is 0 Å². The van der Waals surface area contributed by atoms with Gasteiger partial charge in [0.05, 0.1) is 24.2 Å². The Labute approximate surface area is 127 Å². The third kappa shape index (κ3) is 3.16. The summed E-state index contributed by atoms with van der Waals surface area (Å²) in [5.74, 6) is 0. The molecule has 0 amide bonds. The molecule has 0 bridgehead atoms. The predicted molar refractivity (Wildman–Crippen MR) is 86.5 cm³/mol. The van der Waals surface area contributed by atoms with Crippen molar-refractivity contribution >= 4 is 21.4 Å². The van der Waals surface area contributed by atoms with Gasteiger partial charge in [0.2, 0.25) is 10.0 Å². The van der Waals surface area contributed by atoms with Crippen LogP contribution in [0.15, 0.2) is 24.3 Å². The van der Waals surface area contributed by atoms with E-state index in [2.05, 4.69) is 9.80 Å². The largest absolute Gasteiger partial charge is 0.367 e. The second kappa shape index (κ2) is 5.85. The third-order valence-electron chi connectivity index (χ3n) is 4.35. The van der Waals surface area contributed by atoms with Gasteiger partial charge in [-0.05, 0) is 38.1 Å². The Kier molecular flexibility index (Phi) is 4.08. The Hall–Kier alpha value is -1.27. The van der Waals surface area contributed by atoms with E-state index in [-0.39, 0.29) is 0 Å². The highest BCUT2D eigenvalue weighted by Gasteiger charge is 2.27. The second-order valence-corrected chi connectivity index (χ2v) is 7.77. The molecule has 1 aromatic rings. The molecule has 116 valence electrons. The summed E-state index contributed by atoms with van der Waals surface area (Å²) in [6.07, 6.45) is 3.89. The Morgan fingerprint density at radius 1 is 0.952 bits per heavy atom. The molecule has 6 heteroatoms. The molecular formula is C15H23N3O2S. The monoisotopic (exact) mass is 309 g/mol. The Morgan fingerprint density at radius 3 is 2.29 bits per heavy atom. The van der Waals surface area contributed by atoms with Gasteiger partial charge in [0.1, 0.15) is 0 Å². The molecule has 0 spiro atoms. The third-order valence-corrected chi connectivity index (χ3v) is 5.53. The summed E-state index contributed by atoms with van der Waals surface area (Å²) in [6, 6.07) is 7.81. The lowest BCUT2D eigenvalue weighted by Crippen LogP contribution is -2.45. The van der Waals surface area contributed by atoms with Crippen LogP contribution in [0.3, 0.4) is 0 Å². The maximum absolute atomic E-state index is 11.9. The van der Waals surface area contributed by atoms with Crippen LogP contribution in [-0.4, -0.2) is 58.8 Å². The van der Waals surface area contributed by atoms with E-state index in [0.717, 1.165) is 31.0 Å². The number of anilines is 2. The highest BCUT2D eigenvalue weighted by atomic mass is 32.2. The standard InChI is InChI=1S/C15H23N3O2S/c1-21(19,20)18-13-12-17(11-10-16-8-4-5-9-16)14-6-2-3-7-15(14)18/h2-3,6-7H,4-5,8-13H2,1H3. The summed E-state index contributed by atoms with van der Waals surface area (Å²) in [7, 11) is -3.20. The highest BCUT2D eigenvalue weighted by Crippen LogP contribution is 2.34. The molecule has 0 N–H and O–H groups in total. The molecule has 0 radical (unpaired) electrons. The fourth-order valence-electron chi connectivity index (χ4n) is 3.24. The first-order chi connectivity index (χ1) is 10.1. The quantitative estimate of drug-likeness (QED) is 0.842. The van der Waals surface area contributed by atoms with Crippen LogP contribution in [0, 0.1) is 0 Å². The summed E-state index contributed by atoms with van der Waals surface area (Å²) in [5, 5.41) is 0. The normalized spacial score (nSPS) is 19.9. The van der Waals surface area contributed by atoms with Crippen molar-refractivity contribution in [2.45, 2.75) is 12.8 Å². The molecule has 0 aliphatic carbocycles. The lowest BCUT2D eigenvalue weighted by Gasteiger charge is -2.38. The van der Waals surface area contributed by atoms with Crippen molar-refractivity contribution in [1.29, 1.82) is 0 Å². The van der Waals surface area contributed by atoms with Gasteiger partial charge < -0.3 is 9.80 Å². The fraction of sp³-hybridized carbons (Fsp3) is 0.600. The molecule has 0 aromatic heterocycles. The number of rotatable bonds is 4. The maximum atomic E-state index is 11.9. The first kappa shape index (κ1) is 14.7. The van der Waals surface area contributed by atoms with Crippen LogP contribution in [0.2, 0.25) is 0 Å². The number of fused-ring (bicyclic) bond motifs is 1. The zero-order chi connectivity index (χ0) is 14.9. The van der Waals surface area contributed by atoms with Crippen molar-refractivity contribution < 1.29 is 8.42 Å². The van der Waals surface area contributed by atoms with E-state index in [1.54, 1.807) is 0 Å². The van der Waals surface area contributed by atoms with E-state index in [1.807, 2.05) is 24.3 Å². The van der Waals surface area contributed by atoms with Crippen LogP contribution in [0.5, 0.6) is 0 Å². The van der Waals surface area contributed by atoms with E-state index in [4.69, 9.17) is 0 Å². The molecule has 2 aliphatic rings. The summed E-state index contributed by atoms with van der Waals surface area (Å²) >= 11 is 0. The van der Waals surface area contributed by atoms with E-state index >= 15 is 0 Å². The van der Waals surface area contributed by atoms with Gasteiger partial charge in [-0.15, -0.1) is 0 Å². The molecule has 0 unspecified atom stereocenters. The van der Waals surface area contributed by atoms with Crippen molar-refractivity contribution in [1.82, 2.24) is 4.90 Å². The molecule has 2 heterocycles. The number of para-hydroxylation sites is 2. The van der Waals surface area contributed by atoms with Gasteiger partial charge in [0, 0.05) is 19.6 Å². The van der Waals surface area contributed by atoms with Crippen molar-refractivity contribution in [2.75, 3.05) is 54.7 Å². The van der Waals surface area contributed by atoms with E-state index in [0.29, 0.717) is 6.54 Å². The SMILES string of the molecule is CS(=O)(=O)N1CCN(CCN2CCCC2)c2ccccc21. The molecule has 0 atom stereocenters. The molecule has 0 saturated carbocycles. The predicted octanol–water partition coefficient (Wildman–Crippen LogP) is 1.37. The molecule has 3 rings (SSSR count). The van der Waals surface area contributed by atoms with Crippen molar-refractivity contribution in [2.24, 2.45) is 0 Å². The van der Waals surface area contributed by atoms with Gasteiger partial charge in [-0.25, -0.2) is 8.42 Å². The lowest BCUT2D eigenvalue weighted by molar-refractivity contribution is 0.344. The van der Waals surface area contributed by atoms with Gasteiger partial charge in [0.15, 0.2) is 0 Å². The van der Waals surface area contributed by atoms with Crippen LogP contribution in [0.25, 0.3) is 0 Å². The first-order valence-electron chi connectivity index (χ1n) is 7.60. The first-order valence-corrected chi connectivity index (χ1v) is 9.44. The number of hydrogen-bond donors (Lipinski definition) is 0. The topological polar surface area (TPSA) is 43.9 Å². The van der Waals surface area contributed by atoms with E-state index in [9.17, 15) is 8.42 Å². The molecule has 5 nitrogen and oxygen atoms in total. The minimum absolute atomic E-state index is 0.538. The minimum atomic E-state index is -3.20. The number of benzene rings is 1. The van der Waals surface area contributed by atoms with Crippen LogP contribution in [0.1, 0.15) is 12.8 Å². The van der Waals surface area contributed by atoms with Crippen LogP contribution in [0.4, 0.5) is 11.4 Å².